The minimum Gasteiger partial charge on any atom is -0.349 e. The van der Waals surface area contributed by atoms with E-state index in [9.17, 15) is 18.4 Å². The quantitative estimate of drug-likeness (QED) is 0.743. The van der Waals surface area contributed by atoms with Crippen molar-refractivity contribution >= 4 is 5.91 Å². The van der Waals surface area contributed by atoms with Crippen molar-refractivity contribution in [2.75, 3.05) is 0 Å². The summed E-state index contributed by atoms with van der Waals surface area (Å²) in [5.41, 5.74) is -0.441. The van der Waals surface area contributed by atoms with Crippen LogP contribution in [0.5, 0.6) is 0 Å². The van der Waals surface area contributed by atoms with E-state index >= 15 is 0 Å². The third-order valence-corrected chi connectivity index (χ3v) is 4.14. The van der Waals surface area contributed by atoms with Crippen LogP contribution in [0.4, 0.5) is 8.78 Å². The van der Waals surface area contributed by atoms with E-state index < -0.39 is 17.5 Å². The number of alkyl halides is 2. The molecule has 6 nitrogen and oxygen atoms in total. The van der Waals surface area contributed by atoms with Crippen molar-refractivity contribution in [3.63, 3.8) is 0 Å². The van der Waals surface area contributed by atoms with Crippen molar-refractivity contribution < 1.29 is 13.6 Å². The molecular formula is C11H14F2N4O2. The second-order valence-electron chi connectivity index (χ2n) is 5.34. The summed E-state index contributed by atoms with van der Waals surface area (Å²) in [6.45, 7) is 0.0991. The molecule has 0 spiro atoms. The first-order valence-corrected chi connectivity index (χ1v) is 6.25. The predicted octanol–water partition coefficient (Wildman–Crippen LogP) is 0.396. The molecule has 1 amide bonds. The highest BCUT2D eigenvalue weighted by atomic mass is 19.3. The van der Waals surface area contributed by atoms with Crippen LogP contribution in [0.25, 0.3) is 0 Å². The SMILES string of the molecule is O=C(NCc1n[nH]c(=O)[nH]1)[C@H]1C[C@@H]2C[C@H]1CC2(F)F. The Morgan fingerprint density at radius 1 is 1.47 bits per heavy atom. The maximum atomic E-state index is 13.3. The summed E-state index contributed by atoms with van der Waals surface area (Å²) >= 11 is 0. The molecule has 104 valence electrons. The molecule has 1 heterocycles. The molecule has 0 saturated heterocycles. The highest BCUT2D eigenvalue weighted by Gasteiger charge is 2.58. The third kappa shape index (κ3) is 2.15. The Morgan fingerprint density at radius 2 is 2.26 bits per heavy atom. The first-order valence-electron chi connectivity index (χ1n) is 6.25. The summed E-state index contributed by atoms with van der Waals surface area (Å²) in [5.74, 6) is -3.72. The largest absolute Gasteiger partial charge is 0.349 e. The molecule has 8 heteroatoms. The standard InChI is InChI=1S/C11H14F2N4O2/c12-11(13)3-5-1-6(11)2-7(5)9(18)14-4-8-15-10(19)17-16-8/h5-7H,1-4H2,(H,14,18)(H2,15,16,17,19)/t5-,6-,7-/m0/s1. The van der Waals surface area contributed by atoms with Gasteiger partial charge < -0.3 is 5.32 Å². The van der Waals surface area contributed by atoms with Gasteiger partial charge in [0, 0.05) is 18.3 Å². The summed E-state index contributed by atoms with van der Waals surface area (Å²) in [5, 5.41) is 8.48. The van der Waals surface area contributed by atoms with Gasteiger partial charge in [-0.25, -0.2) is 18.7 Å². The van der Waals surface area contributed by atoms with Crippen LogP contribution in [0.3, 0.4) is 0 Å². The van der Waals surface area contributed by atoms with Crippen LogP contribution in [0.2, 0.25) is 0 Å². The highest BCUT2D eigenvalue weighted by Crippen LogP contribution is 2.56. The lowest BCUT2D eigenvalue weighted by Gasteiger charge is -2.26. The summed E-state index contributed by atoms with van der Waals surface area (Å²) < 4.78 is 26.7. The third-order valence-electron chi connectivity index (χ3n) is 4.14. The monoisotopic (exact) mass is 272 g/mol. The Bertz CT molecular complexity index is 553. The molecule has 19 heavy (non-hydrogen) atoms. The Labute approximate surface area is 107 Å². The first-order chi connectivity index (χ1) is 8.95. The molecule has 1 aromatic heterocycles. The van der Waals surface area contributed by atoms with Crippen molar-refractivity contribution in [3.05, 3.63) is 16.3 Å². The number of aromatic amines is 2. The van der Waals surface area contributed by atoms with Crippen molar-refractivity contribution in [1.29, 1.82) is 0 Å². The van der Waals surface area contributed by atoms with E-state index in [-0.39, 0.29) is 37.1 Å². The number of nitrogens with one attached hydrogen (secondary N) is 3. The summed E-state index contributed by atoms with van der Waals surface area (Å²) in [7, 11) is 0. The normalized spacial score (nSPS) is 31.6. The lowest BCUT2D eigenvalue weighted by Crippen LogP contribution is -2.37. The second-order valence-corrected chi connectivity index (χ2v) is 5.34. The molecule has 1 aromatic rings. The van der Waals surface area contributed by atoms with Gasteiger partial charge >= 0.3 is 5.69 Å². The van der Waals surface area contributed by atoms with Gasteiger partial charge in [0.25, 0.3) is 5.92 Å². The van der Waals surface area contributed by atoms with Gasteiger partial charge in [0.05, 0.1) is 6.54 Å². The molecule has 2 fully saturated rings. The van der Waals surface area contributed by atoms with Gasteiger partial charge in [0.1, 0.15) is 5.82 Å². The average Bonchev–Trinajstić information content (AvgIpc) is 2.98. The van der Waals surface area contributed by atoms with Crippen LogP contribution in [0, 0.1) is 17.8 Å². The number of amides is 1. The molecule has 2 aliphatic rings. The van der Waals surface area contributed by atoms with Crippen molar-refractivity contribution in [2.24, 2.45) is 17.8 Å². The molecule has 3 N–H and O–H groups in total. The number of carbonyl (C=O) groups is 1. The number of halogens is 2. The Balaban J connectivity index is 1.57. The summed E-state index contributed by atoms with van der Waals surface area (Å²) in [6.07, 6.45) is 0.500. The van der Waals surface area contributed by atoms with Crippen molar-refractivity contribution in [3.8, 4) is 0 Å². The average molecular weight is 272 g/mol. The highest BCUT2D eigenvalue weighted by molar-refractivity contribution is 5.79. The number of H-pyrrole nitrogens is 2. The van der Waals surface area contributed by atoms with E-state index in [0.29, 0.717) is 12.2 Å². The number of nitrogens with zero attached hydrogens (tertiary/aromatic N) is 1. The van der Waals surface area contributed by atoms with Gasteiger partial charge in [0.2, 0.25) is 5.91 Å². The van der Waals surface area contributed by atoms with Crippen molar-refractivity contribution in [2.45, 2.75) is 31.7 Å². The molecule has 0 aromatic carbocycles. The molecule has 0 unspecified atom stereocenters. The number of carbonyl (C=O) groups excluding carboxylic acids is 1. The molecule has 2 bridgehead atoms. The topological polar surface area (TPSA) is 90.6 Å². The molecule has 2 saturated carbocycles. The molecular weight excluding hydrogens is 258 g/mol. The fourth-order valence-corrected chi connectivity index (χ4v) is 3.22. The van der Waals surface area contributed by atoms with Gasteiger partial charge in [-0.05, 0) is 18.8 Å². The smallest absolute Gasteiger partial charge is 0.340 e. The maximum absolute atomic E-state index is 13.3. The van der Waals surface area contributed by atoms with Gasteiger partial charge in [0.15, 0.2) is 0 Å². The van der Waals surface area contributed by atoms with Gasteiger partial charge in [-0.2, -0.15) is 5.10 Å². The van der Waals surface area contributed by atoms with Crippen LogP contribution in [0.1, 0.15) is 25.1 Å². The molecule has 0 radical (unpaired) electrons. The molecule has 2 aliphatic carbocycles. The van der Waals surface area contributed by atoms with Crippen LogP contribution < -0.4 is 11.0 Å². The molecule has 3 atom stereocenters. The summed E-state index contributed by atoms with van der Waals surface area (Å²) in [6, 6.07) is 0. The van der Waals surface area contributed by atoms with Gasteiger partial charge in [-0.1, -0.05) is 0 Å². The zero-order valence-corrected chi connectivity index (χ0v) is 10.1. The number of fused-ring (bicyclic) bond motifs is 2. The Morgan fingerprint density at radius 3 is 2.79 bits per heavy atom. The Kier molecular flexibility index (Phi) is 2.68. The van der Waals surface area contributed by atoms with Gasteiger partial charge in [-0.15, -0.1) is 0 Å². The van der Waals surface area contributed by atoms with E-state index in [1.807, 2.05) is 0 Å². The lowest BCUT2D eigenvalue weighted by atomic mass is 9.86. The minimum atomic E-state index is -2.60. The number of hydrogen-bond acceptors (Lipinski definition) is 3. The zero-order chi connectivity index (χ0) is 13.6. The van der Waals surface area contributed by atoms with E-state index in [1.165, 1.54) is 0 Å². The maximum Gasteiger partial charge on any atom is 0.340 e. The Hall–Kier alpha value is -1.73. The number of hydrogen-bond donors (Lipinski definition) is 3. The van der Waals surface area contributed by atoms with Crippen LogP contribution in [-0.2, 0) is 11.3 Å². The zero-order valence-electron chi connectivity index (χ0n) is 10.1. The predicted molar refractivity (Wildman–Crippen MR) is 60.3 cm³/mol. The van der Waals surface area contributed by atoms with Crippen LogP contribution >= 0.6 is 0 Å². The van der Waals surface area contributed by atoms with E-state index in [2.05, 4.69) is 20.5 Å². The van der Waals surface area contributed by atoms with Crippen LogP contribution in [0.15, 0.2) is 4.79 Å². The van der Waals surface area contributed by atoms with Crippen molar-refractivity contribution in [1.82, 2.24) is 20.5 Å². The van der Waals surface area contributed by atoms with E-state index in [0.717, 1.165) is 0 Å². The molecule has 3 rings (SSSR count). The molecule has 0 aliphatic heterocycles. The van der Waals surface area contributed by atoms with Gasteiger partial charge in [-0.3, -0.25) is 9.78 Å². The first kappa shape index (κ1) is 12.3. The number of aromatic nitrogens is 3. The fourth-order valence-electron chi connectivity index (χ4n) is 3.22. The summed E-state index contributed by atoms with van der Waals surface area (Å²) in [4.78, 5) is 25.1. The van der Waals surface area contributed by atoms with E-state index in [4.69, 9.17) is 0 Å². The fraction of sp³-hybridized carbons (Fsp3) is 0.727. The number of rotatable bonds is 3. The minimum absolute atomic E-state index is 0.0991. The van der Waals surface area contributed by atoms with Crippen LogP contribution in [-0.4, -0.2) is 27.0 Å². The second kappa shape index (κ2) is 4.14. The lowest BCUT2D eigenvalue weighted by molar-refractivity contribution is -0.130. The van der Waals surface area contributed by atoms with E-state index in [1.54, 1.807) is 0 Å².